The SMILES string of the molecule is O=C(CCNC(=O)Nc1ccc(Br)cc1)NC1CCNc2ccccc21. The fourth-order valence-electron chi connectivity index (χ4n) is 2.88. The second-order valence-electron chi connectivity index (χ2n) is 6.06. The molecule has 0 radical (unpaired) electrons. The first-order valence-corrected chi connectivity index (χ1v) is 9.34. The van der Waals surface area contributed by atoms with Crippen molar-refractivity contribution >= 4 is 39.2 Å². The molecule has 6 nitrogen and oxygen atoms in total. The van der Waals surface area contributed by atoms with Crippen LogP contribution >= 0.6 is 15.9 Å². The lowest BCUT2D eigenvalue weighted by atomic mass is 9.98. The van der Waals surface area contributed by atoms with E-state index >= 15 is 0 Å². The van der Waals surface area contributed by atoms with E-state index in [2.05, 4.69) is 37.2 Å². The lowest BCUT2D eigenvalue weighted by molar-refractivity contribution is -0.121. The van der Waals surface area contributed by atoms with Gasteiger partial charge in [-0.3, -0.25) is 4.79 Å². The molecule has 1 atom stereocenters. The summed E-state index contributed by atoms with van der Waals surface area (Å²) in [5.74, 6) is -0.0735. The number of nitrogens with one attached hydrogen (secondary N) is 4. The van der Waals surface area contributed by atoms with Crippen molar-refractivity contribution in [3.8, 4) is 0 Å². The average molecular weight is 417 g/mol. The van der Waals surface area contributed by atoms with E-state index in [1.54, 1.807) is 12.1 Å². The molecule has 136 valence electrons. The largest absolute Gasteiger partial charge is 0.385 e. The van der Waals surface area contributed by atoms with Crippen LogP contribution in [-0.2, 0) is 4.79 Å². The Balaban J connectivity index is 1.42. The molecule has 1 unspecified atom stereocenters. The second-order valence-corrected chi connectivity index (χ2v) is 6.98. The fraction of sp³-hybridized carbons (Fsp3) is 0.263. The number of hydrogen-bond acceptors (Lipinski definition) is 3. The van der Waals surface area contributed by atoms with E-state index < -0.39 is 0 Å². The first-order valence-electron chi connectivity index (χ1n) is 8.54. The number of hydrogen-bond donors (Lipinski definition) is 4. The van der Waals surface area contributed by atoms with Crippen molar-refractivity contribution < 1.29 is 9.59 Å². The van der Waals surface area contributed by atoms with Crippen molar-refractivity contribution in [2.45, 2.75) is 18.9 Å². The number of fused-ring (bicyclic) bond motifs is 1. The van der Waals surface area contributed by atoms with Crippen LogP contribution in [0, 0.1) is 0 Å². The van der Waals surface area contributed by atoms with Gasteiger partial charge in [-0.2, -0.15) is 0 Å². The highest BCUT2D eigenvalue weighted by Crippen LogP contribution is 2.29. The Morgan fingerprint density at radius 1 is 1.12 bits per heavy atom. The molecule has 0 spiro atoms. The van der Waals surface area contributed by atoms with Gasteiger partial charge in [-0.25, -0.2) is 4.79 Å². The first kappa shape index (κ1) is 18.3. The standard InChI is InChI=1S/C19H21BrN4O2/c20-13-5-7-14(8-6-13)23-19(26)22-12-10-18(25)24-17-9-11-21-16-4-2-1-3-15(16)17/h1-8,17,21H,9-12H2,(H,24,25)(H2,22,23,26). The second kappa shape index (κ2) is 8.71. The topological polar surface area (TPSA) is 82.3 Å². The van der Waals surface area contributed by atoms with Crippen LogP contribution in [0.5, 0.6) is 0 Å². The summed E-state index contributed by atoms with van der Waals surface area (Å²) in [5.41, 5.74) is 2.87. The summed E-state index contributed by atoms with van der Waals surface area (Å²) in [6.07, 6.45) is 1.08. The summed E-state index contributed by atoms with van der Waals surface area (Å²) in [6.45, 7) is 1.11. The van der Waals surface area contributed by atoms with E-state index in [1.165, 1.54) is 0 Å². The maximum Gasteiger partial charge on any atom is 0.319 e. The molecule has 0 fully saturated rings. The average Bonchev–Trinajstić information content (AvgIpc) is 2.64. The Labute approximate surface area is 160 Å². The molecule has 0 aromatic heterocycles. The number of benzene rings is 2. The smallest absolute Gasteiger partial charge is 0.319 e. The number of carbonyl (C=O) groups excluding carboxylic acids is 2. The van der Waals surface area contributed by atoms with Gasteiger partial charge in [0.25, 0.3) is 0 Å². The van der Waals surface area contributed by atoms with E-state index in [0.717, 1.165) is 28.7 Å². The molecule has 2 aromatic rings. The molecular weight excluding hydrogens is 396 g/mol. The van der Waals surface area contributed by atoms with Gasteiger partial charge < -0.3 is 21.3 Å². The molecule has 1 aliphatic rings. The van der Waals surface area contributed by atoms with Crippen molar-refractivity contribution in [3.63, 3.8) is 0 Å². The van der Waals surface area contributed by atoms with Gasteiger partial charge in [0, 0.05) is 35.4 Å². The van der Waals surface area contributed by atoms with Crippen LogP contribution in [0.25, 0.3) is 0 Å². The third-order valence-corrected chi connectivity index (χ3v) is 4.69. The van der Waals surface area contributed by atoms with Gasteiger partial charge >= 0.3 is 6.03 Å². The van der Waals surface area contributed by atoms with Crippen LogP contribution in [0.2, 0.25) is 0 Å². The van der Waals surface area contributed by atoms with E-state index in [9.17, 15) is 9.59 Å². The van der Waals surface area contributed by atoms with Crippen LogP contribution in [0.15, 0.2) is 53.0 Å². The van der Waals surface area contributed by atoms with E-state index in [1.807, 2.05) is 36.4 Å². The molecule has 3 amide bonds. The van der Waals surface area contributed by atoms with Crippen LogP contribution in [0.1, 0.15) is 24.4 Å². The summed E-state index contributed by atoms with van der Waals surface area (Å²) in [5, 5.41) is 11.8. The summed E-state index contributed by atoms with van der Waals surface area (Å²) in [4.78, 5) is 24.0. The van der Waals surface area contributed by atoms with Gasteiger partial charge in [-0.1, -0.05) is 34.1 Å². The highest BCUT2D eigenvalue weighted by atomic mass is 79.9. The lowest BCUT2D eigenvalue weighted by Gasteiger charge is -2.27. The number of amides is 3. The van der Waals surface area contributed by atoms with Gasteiger partial charge in [0.15, 0.2) is 0 Å². The molecule has 3 rings (SSSR count). The molecule has 1 heterocycles. The number of carbonyl (C=O) groups is 2. The van der Waals surface area contributed by atoms with Crippen molar-refractivity contribution in [3.05, 3.63) is 58.6 Å². The van der Waals surface area contributed by atoms with Crippen LogP contribution in [0.4, 0.5) is 16.2 Å². The van der Waals surface area contributed by atoms with Gasteiger partial charge in [0.1, 0.15) is 0 Å². The Morgan fingerprint density at radius 2 is 1.88 bits per heavy atom. The predicted molar refractivity (Wildman–Crippen MR) is 106 cm³/mol. The summed E-state index contributed by atoms with van der Waals surface area (Å²) in [6, 6.07) is 15.0. The molecule has 26 heavy (non-hydrogen) atoms. The van der Waals surface area contributed by atoms with Gasteiger partial charge in [0.2, 0.25) is 5.91 Å². The van der Waals surface area contributed by atoms with Gasteiger partial charge in [-0.15, -0.1) is 0 Å². The first-order chi connectivity index (χ1) is 12.6. The number of rotatable bonds is 5. The molecule has 0 saturated heterocycles. The van der Waals surface area contributed by atoms with Crippen LogP contribution in [-0.4, -0.2) is 25.0 Å². The minimum Gasteiger partial charge on any atom is -0.385 e. The Hall–Kier alpha value is -2.54. The maximum atomic E-state index is 12.2. The van der Waals surface area contributed by atoms with Gasteiger partial charge in [-0.05, 0) is 42.3 Å². The molecule has 4 N–H and O–H groups in total. The van der Waals surface area contributed by atoms with E-state index in [4.69, 9.17) is 0 Å². The van der Waals surface area contributed by atoms with Crippen molar-refractivity contribution in [2.75, 3.05) is 23.7 Å². The van der Waals surface area contributed by atoms with E-state index in [-0.39, 0.29) is 30.9 Å². The monoisotopic (exact) mass is 416 g/mol. The fourth-order valence-corrected chi connectivity index (χ4v) is 3.15. The molecular formula is C19H21BrN4O2. The Kier molecular flexibility index (Phi) is 6.12. The van der Waals surface area contributed by atoms with Crippen LogP contribution < -0.4 is 21.3 Å². The third-order valence-electron chi connectivity index (χ3n) is 4.16. The number of halogens is 1. The van der Waals surface area contributed by atoms with E-state index in [0.29, 0.717) is 5.69 Å². The van der Waals surface area contributed by atoms with Gasteiger partial charge in [0.05, 0.1) is 6.04 Å². The molecule has 0 saturated carbocycles. The Bertz CT molecular complexity index is 779. The molecule has 0 bridgehead atoms. The normalized spacial score (nSPS) is 15.3. The van der Waals surface area contributed by atoms with Crippen molar-refractivity contribution in [1.29, 1.82) is 0 Å². The summed E-state index contributed by atoms with van der Waals surface area (Å²) < 4.78 is 0.944. The quantitative estimate of drug-likeness (QED) is 0.600. The van der Waals surface area contributed by atoms with Crippen LogP contribution in [0.3, 0.4) is 0 Å². The molecule has 2 aromatic carbocycles. The zero-order valence-corrected chi connectivity index (χ0v) is 15.8. The zero-order chi connectivity index (χ0) is 18.4. The third kappa shape index (κ3) is 4.98. The molecule has 0 aliphatic carbocycles. The zero-order valence-electron chi connectivity index (χ0n) is 14.2. The molecule has 7 heteroatoms. The number of urea groups is 1. The Morgan fingerprint density at radius 3 is 2.69 bits per heavy atom. The van der Waals surface area contributed by atoms with Crippen molar-refractivity contribution in [1.82, 2.24) is 10.6 Å². The maximum absolute atomic E-state index is 12.2. The summed E-state index contributed by atoms with van der Waals surface area (Å²) in [7, 11) is 0. The number of anilines is 2. The lowest BCUT2D eigenvalue weighted by Crippen LogP contribution is -2.36. The minimum atomic E-state index is -0.327. The molecule has 1 aliphatic heterocycles. The highest BCUT2D eigenvalue weighted by Gasteiger charge is 2.20. The summed E-state index contributed by atoms with van der Waals surface area (Å²) >= 11 is 3.34. The minimum absolute atomic E-state index is 0.0107. The number of para-hydroxylation sites is 1. The van der Waals surface area contributed by atoms with Crippen molar-refractivity contribution in [2.24, 2.45) is 0 Å². The highest BCUT2D eigenvalue weighted by molar-refractivity contribution is 9.10. The predicted octanol–water partition coefficient (Wildman–Crippen LogP) is 3.63.